The van der Waals surface area contributed by atoms with Crippen LogP contribution in [-0.2, 0) is 9.84 Å². The molecule has 15 heavy (non-hydrogen) atoms. The molecule has 0 fully saturated rings. The molecule has 0 aromatic heterocycles. The molecule has 1 aromatic rings. The number of benzene rings is 1. The summed E-state index contributed by atoms with van der Waals surface area (Å²) in [6, 6.07) is 5.02. The molecule has 84 valence electrons. The van der Waals surface area contributed by atoms with Gasteiger partial charge in [-0.15, -0.1) is 0 Å². The molecule has 0 N–H and O–H groups in total. The van der Waals surface area contributed by atoms with Crippen LogP contribution in [0.3, 0.4) is 0 Å². The maximum Gasteiger partial charge on any atom is 0.175 e. The van der Waals surface area contributed by atoms with Crippen molar-refractivity contribution in [2.45, 2.75) is 31.8 Å². The fourth-order valence-corrected chi connectivity index (χ4v) is 2.34. The molecular formula is C11H16O3S. The highest BCUT2D eigenvalue weighted by molar-refractivity contribution is 7.90. The summed E-state index contributed by atoms with van der Waals surface area (Å²) in [6.45, 7) is 5.63. The highest BCUT2D eigenvalue weighted by Gasteiger charge is 2.11. The average molecular weight is 228 g/mol. The van der Waals surface area contributed by atoms with Crippen molar-refractivity contribution in [2.24, 2.45) is 0 Å². The van der Waals surface area contributed by atoms with Crippen molar-refractivity contribution in [3.63, 3.8) is 0 Å². The summed E-state index contributed by atoms with van der Waals surface area (Å²) in [5, 5.41) is 0. The second-order valence-corrected chi connectivity index (χ2v) is 5.85. The van der Waals surface area contributed by atoms with E-state index in [9.17, 15) is 8.42 Å². The van der Waals surface area contributed by atoms with E-state index in [0.717, 1.165) is 5.56 Å². The van der Waals surface area contributed by atoms with Gasteiger partial charge >= 0.3 is 0 Å². The van der Waals surface area contributed by atoms with Crippen molar-refractivity contribution < 1.29 is 13.2 Å². The van der Waals surface area contributed by atoms with Crippen LogP contribution in [0, 0.1) is 6.92 Å². The SMILES string of the molecule is Cc1cc(OC(C)C)ccc1S(C)(=O)=O. The third-order valence-corrected chi connectivity index (χ3v) is 3.17. The quantitative estimate of drug-likeness (QED) is 0.796. The van der Waals surface area contributed by atoms with Crippen molar-refractivity contribution in [3.8, 4) is 5.75 Å². The van der Waals surface area contributed by atoms with Crippen LogP contribution in [-0.4, -0.2) is 20.8 Å². The third kappa shape index (κ3) is 3.23. The van der Waals surface area contributed by atoms with Crippen molar-refractivity contribution in [2.75, 3.05) is 6.26 Å². The number of ether oxygens (including phenoxy) is 1. The smallest absolute Gasteiger partial charge is 0.175 e. The minimum atomic E-state index is -3.13. The van der Waals surface area contributed by atoms with Gasteiger partial charge in [0.05, 0.1) is 11.0 Å². The zero-order valence-corrected chi connectivity index (χ0v) is 10.3. The Morgan fingerprint density at radius 2 is 1.87 bits per heavy atom. The highest BCUT2D eigenvalue weighted by Crippen LogP contribution is 2.21. The molecule has 1 aromatic carbocycles. The fourth-order valence-electron chi connectivity index (χ4n) is 1.38. The van der Waals surface area contributed by atoms with Gasteiger partial charge < -0.3 is 4.74 Å². The predicted octanol–water partition coefficient (Wildman–Crippen LogP) is 2.19. The van der Waals surface area contributed by atoms with E-state index in [1.807, 2.05) is 13.8 Å². The zero-order chi connectivity index (χ0) is 11.6. The molecule has 0 bridgehead atoms. The number of aryl methyl sites for hydroxylation is 1. The summed E-state index contributed by atoms with van der Waals surface area (Å²) in [6.07, 6.45) is 1.30. The van der Waals surface area contributed by atoms with Gasteiger partial charge in [0.25, 0.3) is 0 Å². The van der Waals surface area contributed by atoms with Crippen LogP contribution in [0.15, 0.2) is 23.1 Å². The van der Waals surface area contributed by atoms with Gasteiger partial charge in [-0.05, 0) is 44.5 Å². The Balaban J connectivity index is 3.09. The van der Waals surface area contributed by atoms with E-state index >= 15 is 0 Å². The summed E-state index contributed by atoms with van der Waals surface area (Å²) in [4.78, 5) is 0.360. The van der Waals surface area contributed by atoms with Crippen molar-refractivity contribution >= 4 is 9.84 Å². The Labute approximate surface area is 91.0 Å². The first-order chi connectivity index (χ1) is 6.80. The lowest BCUT2D eigenvalue weighted by atomic mass is 10.2. The molecule has 4 heteroatoms. The molecule has 0 saturated heterocycles. The summed E-state index contributed by atoms with van der Waals surface area (Å²) in [5.74, 6) is 0.704. The van der Waals surface area contributed by atoms with E-state index in [1.54, 1.807) is 25.1 Å². The standard InChI is InChI=1S/C11H16O3S/c1-8(2)14-10-5-6-11(9(3)7-10)15(4,12)13/h5-8H,1-4H3. The molecule has 0 aliphatic carbocycles. The van der Waals surface area contributed by atoms with E-state index in [-0.39, 0.29) is 6.10 Å². The molecular weight excluding hydrogens is 212 g/mol. The monoisotopic (exact) mass is 228 g/mol. The van der Waals surface area contributed by atoms with Crippen LogP contribution in [0.2, 0.25) is 0 Å². The second-order valence-electron chi connectivity index (χ2n) is 3.87. The first-order valence-corrected chi connectivity index (χ1v) is 6.67. The molecule has 0 amide bonds. The molecule has 0 unspecified atom stereocenters. The Morgan fingerprint density at radius 3 is 2.27 bits per heavy atom. The van der Waals surface area contributed by atoms with Gasteiger partial charge in [-0.3, -0.25) is 0 Å². The fraction of sp³-hybridized carbons (Fsp3) is 0.455. The molecule has 0 aliphatic rings. The van der Waals surface area contributed by atoms with Crippen LogP contribution in [0.4, 0.5) is 0 Å². The van der Waals surface area contributed by atoms with Gasteiger partial charge in [0, 0.05) is 6.26 Å². The summed E-state index contributed by atoms with van der Waals surface area (Å²) < 4.78 is 28.2. The largest absolute Gasteiger partial charge is 0.491 e. The van der Waals surface area contributed by atoms with Gasteiger partial charge in [-0.2, -0.15) is 0 Å². The lowest BCUT2D eigenvalue weighted by Crippen LogP contribution is -2.06. The first-order valence-electron chi connectivity index (χ1n) is 4.78. The lowest BCUT2D eigenvalue weighted by molar-refractivity contribution is 0.242. The van der Waals surface area contributed by atoms with Crippen LogP contribution in [0.1, 0.15) is 19.4 Å². The first kappa shape index (κ1) is 12.0. The molecule has 0 heterocycles. The van der Waals surface area contributed by atoms with E-state index in [0.29, 0.717) is 10.6 Å². The number of sulfone groups is 1. The van der Waals surface area contributed by atoms with Gasteiger partial charge in [-0.25, -0.2) is 8.42 Å². The highest BCUT2D eigenvalue weighted by atomic mass is 32.2. The molecule has 1 rings (SSSR count). The van der Waals surface area contributed by atoms with Crippen molar-refractivity contribution in [3.05, 3.63) is 23.8 Å². The second kappa shape index (κ2) is 4.23. The van der Waals surface area contributed by atoms with E-state index in [2.05, 4.69) is 0 Å². The van der Waals surface area contributed by atoms with Crippen LogP contribution in [0.5, 0.6) is 5.75 Å². The third-order valence-electron chi connectivity index (χ3n) is 1.92. The minimum absolute atomic E-state index is 0.0912. The summed E-state index contributed by atoms with van der Waals surface area (Å²) in [7, 11) is -3.13. The Bertz CT molecular complexity index is 447. The normalized spacial score (nSPS) is 11.8. The van der Waals surface area contributed by atoms with Crippen LogP contribution in [0.25, 0.3) is 0 Å². The zero-order valence-electron chi connectivity index (χ0n) is 9.44. The number of rotatable bonds is 3. The molecule has 0 atom stereocenters. The predicted molar refractivity (Wildman–Crippen MR) is 60.1 cm³/mol. The summed E-state index contributed by atoms with van der Waals surface area (Å²) in [5.41, 5.74) is 0.718. The Morgan fingerprint density at radius 1 is 1.27 bits per heavy atom. The molecule has 0 radical (unpaired) electrons. The maximum atomic E-state index is 11.3. The topological polar surface area (TPSA) is 43.4 Å². The van der Waals surface area contributed by atoms with Crippen LogP contribution < -0.4 is 4.74 Å². The average Bonchev–Trinajstić information content (AvgIpc) is 1.99. The Hall–Kier alpha value is -1.03. The minimum Gasteiger partial charge on any atom is -0.491 e. The molecule has 0 spiro atoms. The molecule has 0 aliphatic heterocycles. The Kier molecular flexibility index (Phi) is 3.39. The van der Waals surface area contributed by atoms with E-state index < -0.39 is 9.84 Å². The van der Waals surface area contributed by atoms with Gasteiger partial charge in [0.15, 0.2) is 9.84 Å². The molecule has 3 nitrogen and oxygen atoms in total. The molecule has 0 saturated carbocycles. The van der Waals surface area contributed by atoms with Crippen molar-refractivity contribution in [1.82, 2.24) is 0 Å². The van der Waals surface area contributed by atoms with E-state index in [1.165, 1.54) is 6.26 Å². The van der Waals surface area contributed by atoms with E-state index in [4.69, 9.17) is 4.74 Å². The van der Waals surface area contributed by atoms with Gasteiger partial charge in [-0.1, -0.05) is 0 Å². The number of hydrogen-bond acceptors (Lipinski definition) is 3. The van der Waals surface area contributed by atoms with Gasteiger partial charge in [0.1, 0.15) is 5.75 Å². The van der Waals surface area contributed by atoms with Crippen molar-refractivity contribution in [1.29, 1.82) is 0 Å². The van der Waals surface area contributed by atoms with Crippen LogP contribution >= 0.6 is 0 Å². The maximum absolute atomic E-state index is 11.3. The van der Waals surface area contributed by atoms with Gasteiger partial charge in [0.2, 0.25) is 0 Å². The number of hydrogen-bond donors (Lipinski definition) is 0. The summed E-state index contributed by atoms with van der Waals surface area (Å²) >= 11 is 0. The lowest BCUT2D eigenvalue weighted by Gasteiger charge is -2.11.